The van der Waals surface area contributed by atoms with Crippen molar-refractivity contribution < 1.29 is 4.74 Å². The van der Waals surface area contributed by atoms with E-state index in [1.807, 2.05) is 38.2 Å². The van der Waals surface area contributed by atoms with Crippen LogP contribution in [0.2, 0.25) is 0 Å². The van der Waals surface area contributed by atoms with Crippen molar-refractivity contribution in [1.82, 2.24) is 4.98 Å². The summed E-state index contributed by atoms with van der Waals surface area (Å²) in [6.07, 6.45) is 4.36. The summed E-state index contributed by atoms with van der Waals surface area (Å²) in [5, 5.41) is 0. The zero-order valence-corrected chi connectivity index (χ0v) is 11.7. The minimum Gasteiger partial charge on any atom is -0.455 e. The summed E-state index contributed by atoms with van der Waals surface area (Å²) in [4.78, 5) is 4.20. The van der Waals surface area contributed by atoms with Crippen LogP contribution in [0, 0.1) is 13.8 Å². The van der Waals surface area contributed by atoms with Crippen LogP contribution in [0.25, 0.3) is 0 Å². The van der Waals surface area contributed by atoms with Crippen molar-refractivity contribution >= 4 is 0 Å². The summed E-state index contributed by atoms with van der Waals surface area (Å²) in [6.45, 7) is 6.10. The van der Waals surface area contributed by atoms with E-state index in [1.165, 1.54) is 5.56 Å². The highest BCUT2D eigenvalue weighted by Crippen LogP contribution is 2.25. The van der Waals surface area contributed by atoms with Crippen molar-refractivity contribution in [2.24, 2.45) is 5.73 Å². The Bertz CT molecular complexity index is 564. The lowest BCUT2D eigenvalue weighted by atomic mass is 10.1. The number of nitrogens with two attached hydrogens (primary N) is 1. The summed E-state index contributed by atoms with van der Waals surface area (Å²) < 4.78 is 5.88. The molecule has 0 saturated carbocycles. The van der Waals surface area contributed by atoms with E-state index in [-0.39, 0.29) is 6.04 Å². The van der Waals surface area contributed by atoms with Gasteiger partial charge < -0.3 is 10.5 Å². The first-order chi connectivity index (χ1) is 9.04. The van der Waals surface area contributed by atoms with Crippen LogP contribution in [0.4, 0.5) is 0 Å². The van der Waals surface area contributed by atoms with Crippen LogP contribution in [0.1, 0.15) is 23.6 Å². The van der Waals surface area contributed by atoms with Gasteiger partial charge in [0.15, 0.2) is 0 Å². The van der Waals surface area contributed by atoms with E-state index in [0.717, 1.165) is 29.0 Å². The number of nitrogens with zero attached hydrogens (tertiary/aromatic N) is 1. The van der Waals surface area contributed by atoms with E-state index in [4.69, 9.17) is 10.5 Å². The third-order valence-electron chi connectivity index (χ3n) is 2.89. The molecule has 3 heteroatoms. The lowest BCUT2D eigenvalue weighted by Gasteiger charge is -2.11. The van der Waals surface area contributed by atoms with E-state index >= 15 is 0 Å². The molecule has 19 heavy (non-hydrogen) atoms. The van der Waals surface area contributed by atoms with Gasteiger partial charge in [-0.15, -0.1) is 0 Å². The monoisotopic (exact) mass is 256 g/mol. The fourth-order valence-electron chi connectivity index (χ4n) is 2.04. The second-order valence-electron chi connectivity index (χ2n) is 5.08. The van der Waals surface area contributed by atoms with Gasteiger partial charge in [-0.25, -0.2) is 0 Å². The molecule has 2 N–H and O–H groups in total. The molecule has 0 amide bonds. The lowest BCUT2D eigenvalue weighted by Crippen LogP contribution is -2.17. The Hall–Kier alpha value is -1.87. The maximum atomic E-state index is 5.88. The van der Waals surface area contributed by atoms with Crippen molar-refractivity contribution in [3.63, 3.8) is 0 Å². The Balaban J connectivity index is 2.18. The van der Waals surface area contributed by atoms with Crippen molar-refractivity contribution in [2.75, 3.05) is 0 Å². The Morgan fingerprint density at radius 3 is 2.68 bits per heavy atom. The fourth-order valence-corrected chi connectivity index (χ4v) is 2.04. The molecule has 1 heterocycles. The van der Waals surface area contributed by atoms with E-state index in [2.05, 4.69) is 18.0 Å². The number of rotatable bonds is 4. The number of pyridine rings is 1. The SMILES string of the molecule is Cc1ccc(Oc2cncc(CC(C)N)c2)c(C)c1. The molecule has 100 valence electrons. The number of ether oxygens (including phenoxy) is 1. The largest absolute Gasteiger partial charge is 0.455 e. The lowest BCUT2D eigenvalue weighted by molar-refractivity contribution is 0.475. The Labute approximate surface area is 114 Å². The van der Waals surface area contributed by atoms with Crippen molar-refractivity contribution in [3.05, 3.63) is 53.3 Å². The molecular weight excluding hydrogens is 236 g/mol. The molecule has 0 spiro atoms. The summed E-state index contributed by atoms with van der Waals surface area (Å²) in [5.41, 5.74) is 9.25. The second-order valence-corrected chi connectivity index (χ2v) is 5.08. The van der Waals surface area contributed by atoms with Crippen LogP contribution >= 0.6 is 0 Å². The summed E-state index contributed by atoms with van der Waals surface area (Å²) >= 11 is 0. The van der Waals surface area contributed by atoms with Gasteiger partial charge in [-0.3, -0.25) is 4.98 Å². The minimum absolute atomic E-state index is 0.123. The molecule has 2 rings (SSSR count). The summed E-state index contributed by atoms with van der Waals surface area (Å²) in [5.74, 6) is 1.62. The number of hydrogen-bond acceptors (Lipinski definition) is 3. The predicted octanol–water partition coefficient (Wildman–Crippen LogP) is 3.38. The maximum Gasteiger partial charge on any atom is 0.145 e. The van der Waals surface area contributed by atoms with Gasteiger partial charge in [0.05, 0.1) is 6.20 Å². The molecular formula is C16H20N2O. The fraction of sp³-hybridized carbons (Fsp3) is 0.312. The van der Waals surface area contributed by atoms with Crippen molar-refractivity contribution in [2.45, 2.75) is 33.2 Å². The molecule has 0 saturated heterocycles. The maximum absolute atomic E-state index is 5.88. The normalized spacial score (nSPS) is 12.2. The van der Waals surface area contributed by atoms with Gasteiger partial charge in [-0.2, -0.15) is 0 Å². The topological polar surface area (TPSA) is 48.1 Å². The third-order valence-corrected chi connectivity index (χ3v) is 2.89. The van der Waals surface area contributed by atoms with Gasteiger partial charge in [0.1, 0.15) is 11.5 Å². The molecule has 0 aliphatic rings. The quantitative estimate of drug-likeness (QED) is 0.912. The van der Waals surface area contributed by atoms with Gasteiger partial charge in [-0.1, -0.05) is 17.7 Å². The molecule has 0 fully saturated rings. The van der Waals surface area contributed by atoms with Crippen LogP contribution in [0.5, 0.6) is 11.5 Å². The highest BCUT2D eigenvalue weighted by molar-refractivity contribution is 5.39. The number of aryl methyl sites for hydroxylation is 2. The number of benzene rings is 1. The molecule has 1 atom stereocenters. The highest BCUT2D eigenvalue weighted by Gasteiger charge is 2.04. The Kier molecular flexibility index (Phi) is 4.17. The van der Waals surface area contributed by atoms with Gasteiger partial charge >= 0.3 is 0 Å². The van der Waals surface area contributed by atoms with E-state index in [0.29, 0.717) is 0 Å². The minimum atomic E-state index is 0.123. The molecule has 1 aromatic carbocycles. The average Bonchev–Trinajstić information content (AvgIpc) is 2.32. The standard InChI is InChI=1S/C16H20N2O/c1-11-4-5-16(12(2)6-11)19-15-8-14(7-13(3)17)9-18-10-15/h4-6,8-10,13H,7,17H2,1-3H3. The van der Waals surface area contributed by atoms with E-state index in [1.54, 1.807) is 6.20 Å². The van der Waals surface area contributed by atoms with Gasteiger partial charge in [0.2, 0.25) is 0 Å². The molecule has 0 bridgehead atoms. The second kappa shape index (κ2) is 5.85. The first-order valence-corrected chi connectivity index (χ1v) is 6.49. The predicted molar refractivity (Wildman–Crippen MR) is 77.6 cm³/mol. The number of hydrogen-bond donors (Lipinski definition) is 1. The molecule has 0 radical (unpaired) electrons. The van der Waals surface area contributed by atoms with Gasteiger partial charge in [0.25, 0.3) is 0 Å². The third kappa shape index (κ3) is 3.80. The molecule has 1 aromatic heterocycles. The van der Waals surface area contributed by atoms with Gasteiger partial charge in [-0.05, 0) is 50.5 Å². The molecule has 1 unspecified atom stereocenters. The molecule has 2 aromatic rings. The summed E-state index contributed by atoms with van der Waals surface area (Å²) in [6, 6.07) is 8.26. The molecule has 3 nitrogen and oxygen atoms in total. The first kappa shape index (κ1) is 13.6. The van der Waals surface area contributed by atoms with Crippen LogP contribution in [0.15, 0.2) is 36.7 Å². The zero-order valence-electron chi connectivity index (χ0n) is 11.7. The van der Waals surface area contributed by atoms with Crippen LogP contribution in [-0.4, -0.2) is 11.0 Å². The highest BCUT2D eigenvalue weighted by atomic mass is 16.5. The van der Waals surface area contributed by atoms with Gasteiger partial charge in [0, 0.05) is 12.2 Å². The zero-order chi connectivity index (χ0) is 13.8. The molecule has 0 aliphatic heterocycles. The molecule has 0 aliphatic carbocycles. The Morgan fingerprint density at radius 1 is 1.21 bits per heavy atom. The average molecular weight is 256 g/mol. The van der Waals surface area contributed by atoms with E-state index in [9.17, 15) is 0 Å². The van der Waals surface area contributed by atoms with Crippen LogP contribution in [-0.2, 0) is 6.42 Å². The Morgan fingerprint density at radius 2 is 2.00 bits per heavy atom. The van der Waals surface area contributed by atoms with Crippen molar-refractivity contribution in [3.8, 4) is 11.5 Å². The smallest absolute Gasteiger partial charge is 0.145 e. The van der Waals surface area contributed by atoms with Crippen molar-refractivity contribution in [1.29, 1.82) is 0 Å². The van der Waals surface area contributed by atoms with E-state index < -0.39 is 0 Å². The van der Waals surface area contributed by atoms with Crippen LogP contribution in [0.3, 0.4) is 0 Å². The van der Waals surface area contributed by atoms with Crippen LogP contribution < -0.4 is 10.5 Å². The number of aromatic nitrogens is 1. The first-order valence-electron chi connectivity index (χ1n) is 6.49. The summed E-state index contributed by atoms with van der Waals surface area (Å²) in [7, 11) is 0.